The average molecular weight is 253 g/mol. The standard InChI is InChI=1S/C15H15N3O/c1-11-3-6-13-9-16-18(15(13)17-11)10-12-4-7-14(19-2)8-5-12/h3-9H,10H2,1-2H3. The Kier molecular flexibility index (Phi) is 2.91. The highest BCUT2D eigenvalue weighted by Crippen LogP contribution is 2.15. The second-order valence-electron chi connectivity index (χ2n) is 4.52. The molecule has 0 aliphatic rings. The van der Waals surface area contributed by atoms with Crippen molar-refractivity contribution in [2.75, 3.05) is 7.11 Å². The molecule has 0 unspecified atom stereocenters. The SMILES string of the molecule is COc1ccc(Cn2ncc3ccc(C)nc32)cc1. The van der Waals surface area contributed by atoms with Gasteiger partial charge in [0.05, 0.1) is 19.9 Å². The summed E-state index contributed by atoms with van der Waals surface area (Å²) in [6.45, 7) is 2.70. The maximum absolute atomic E-state index is 5.16. The molecule has 2 aromatic heterocycles. The van der Waals surface area contributed by atoms with E-state index in [1.165, 1.54) is 5.56 Å². The van der Waals surface area contributed by atoms with Gasteiger partial charge in [-0.25, -0.2) is 9.67 Å². The zero-order chi connectivity index (χ0) is 13.2. The Morgan fingerprint density at radius 1 is 1.11 bits per heavy atom. The first-order valence-electron chi connectivity index (χ1n) is 6.18. The van der Waals surface area contributed by atoms with E-state index in [1.54, 1.807) is 7.11 Å². The van der Waals surface area contributed by atoms with Crippen molar-refractivity contribution in [2.45, 2.75) is 13.5 Å². The number of ether oxygens (including phenoxy) is 1. The fraction of sp³-hybridized carbons (Fsp3) is 0.200. The third kappa shape index (κ3) is 2.29. The van der Waals surface area contributed by atoms with Crippen molar-refractivity contribution in [1.29, 1.82) is 0 Å². The van der Waals surface area contributed by atoms with Crippen LogP contribution in [0.2, 0.25) is 0 Å². The number of rotatable bonds is 3. The third-order valence-electron chi connectivity index (χ3n) is 3.12. The Hall–Kier alpha value is -2.36. The number of methoxy groups -OCH3 is 1. The van der Waals surface area contributed by atoms with Gasteiger partial charge in [-0.15, -0.1) is 0 Å². The van der Waals surface area contributed by atoms with Crippen LogP contribution in [0.1, 0.15) is 11.3 Å². The summed E-state index contributed by atoms with van der Waals surface area (Å²) in [7, 11) is 1.67. The van der Waals surface area contributed by atoms with Crippen LogP contribution >= 0.6 is 0 Å². The molecular weight excluding hydrogens is 238 g/mol. The van der Waals surface area contributed by atoms with Gasteiger partial charge in [0.2, 0.25) is 0 Å². The molecule has 0 spiro atoms. The van der Waals surface area contributed by atoms with E-state index in [0.717, 1.165) is 22.5 Å². The predicted octanol–water partition coefficient (Wildman–Crippen LogP) is 2.80. The minimum atomic E-state index is 0.712. The summed E-state index contributed by atoms with van der Waals surface area (Å²) in [5.41, 5.74) is 3.11. The molecular formula is C15H15N3O. The van der Waals surface area contributed by atoms with Gasteiger partial charge < -0.3 is 4.74 Å². The number of benzene rings is 1. The number of fused-ring (bicyclic) bond motifs is 1. The van der Waals surface area contributed by atoms with Gasteiger partial charge in [-0.2, -0.15) is 5.10 Å². The lowest BCUT2D eigenvalue weighted by Gasteiger charge is -2.05. The van der Waals surface area contributed by atoms with E-state index >= 15 is 0 Å². The van der Waals surface area contributed by atoms with Crippen LogP contribution in [-0.4, -0.2) is 21.9 Å². The van der Waals surface area contributed by atoms with E-state index in [-0.39, 0.29) is 0 Å². The van der Waals surface area contributed by atoms with Crippen molar-refractivity contribution in [3.63, 3.8) is 0 Å². The van der Waals surface area contributed by atoms with Crippen LogP contribution in [-0.2, 0) is 6.54 Å². The highest BCUT2D eigenvalue weighted by Gasteiger charge is 2.05. The summed E-state index contributed by atoms with van der Waals surface area (Å²) < 4.78 is 7.08. The Balaban J connectivity index is 1.93. The molecule has 3 aromatic rings. The molecule has 0 aliphatic heterocycles. The van der Waals surface area contributed by atoms with Gasteiger partial charge in [-0.05, 0) is 36.8 Å². The summed E-state index contributed by atoms with van der Waals surface area (Å²) in [6.07, 6.45) is 1.85. The van der Waals surface area contributed by atoms with Crippen molar-refractivity contribution in [3.8, 4) is 5.75 Å². The first-order chi connectivity index (χ1) is 9.26. The summed E-state index contributed by atoms with van der Waals surface area (Å²) in [6, 6.07) is 12.1. The van der Waals surface area contributed by atoms with Crippen molar-refractivity contribution in [1.82, 2.24) is 14.8 Å². The first-order valence-corrected chi connectivity index (χ1v) is 6.18. The van der Waals surface area contributed by atoms with Crippen molar-refractivity contribution >= 4 is 11.0 Å². The normalized spacial score (nSPS) is 10.8. The highest BCUT2D eigenvalue weighted by molar-refractivity contribution is 5.74. The van der Waals surface area contributed by atoms with Crippen LogP contribution in [0.15, 0.2) is 42.6 Å². The minimum Gasteiger partial charge on any atom is -0.497 e. The molecule has 0 fully saturated rings. The number of pyridine rings is 1. The van der Waals surface area contributed by atoms with E-state index in [2.05, 4.69) is 16.1 Å². The Bertz CT molecular complexity index is 701. The topological polar surface area (TPSA) is 39.9 Å². The molecule has 0 aliphatic carbocycles. The predicted molar refractivity (Wildman–Crippen MR) is 74.4 cm³/mol. The smallest absolute Gasteiger partial charge is 0.158 e. The van der Waals surface area contributed by atoms with E-state index < -0.39 is 0 Å². The van der Waals surface area contributed by atoms with Crippen LogP contribution in [0, 0.1) is 6.92 Å². The van der Waals surface area contributed by atoms with Crippen molar-refractivity contribution < 1.29 is 4.74 Å². The summed E-state index contributed by atoms with van der Waals surface area (Å²) in [5, 5.41) is 5.47. The minimum absolute atomic E-state index is 0.712. The lowest BCUT2D eigenvalue weighted by molar-refractivity contribution is 0.414. The number of aromatic nitrogens is 3. The fourth-order valence-electron chi connectivity index (χ4n) is 2.07. The molecule has 0 atom stereocenters. The van der Waals surface area contributed by atoms with Crippen LogP contribution in [0.3, 0.4) is 0 Å². The van der Waals surface area contributed by atoms with E-state index in [1.807, 2.05) is 48.1 Å². The van der Waals surface area contributed by atoms with E-state index in [0.29, 0.717) is 6.54 Å². The Morgan fingerprint density at radius 3 is 2.63 bits per heavy atom. The van der Waals surface area contributed by atoms with Crippen molar-refractivity contribution in [2.24, 2.45) is 0 Å². The Labute approximate surface area is 111 Å². The summed E-state index contributed by atoms with van der Waals surface area (Å²) in [5.74, 6) is 0.864. The van der Waals surface area contributed by atoms with Gasteiger partial charge in [0.1, 0.15) is 5.75 Å². The second-order valence-corrected chi connectivity index (χ2v) is 4.52. The lowest BCUT2D eigenvalue weighted by Crippen LogP contribution is -2.02. The largest absolute Gasteiger partial charge is 0.497 e. The van der Waals surface area contributed by atoms with Gasteiger partial charge in [0.25, 0.3) is 0 Å². The monoisotopic (exact) mass is 253 g/mol. The zero-order valence-electron chi connectivity index (χ0n) is 11.0. The maximum atomic E-state index is 5.16. The van der Waals surface area contributed by atoms with Crippen LogP contribution in [0.25, 0.3) is 11.0 Å². The third-order valence-corrected chi connectivity index (χ3v) is 3.12. The average Bonchev–Trinajstić information content (AvgIpc) is 2.82. The number of aryl methyl sites for hydroxylation is 1. The molecule has 2 heterocycles. The van der Waals surface area contributed by atoms with Crippen molar-refractivity contribution in [3.05, 3.63) is 53.9 Å². The van der Waals surface area contributed by atoms with Gasteiger partial charge in [0.15, 0.2) is 5.65 Å². The molecule has 4 nitrogen and oxygen atoms in total. The molecule has 19 heavy (non-hydrogen) atoms. The summed E-state index contributed by atoms with van der Waals surface area (Å²) >= 11 is 0. The second kappa shape index (κ2) is 4.72. The van der Waals surface area contributed by atoms with E-state index in [9.17, 15) is 0 Å². The molecule has 0 N–H and O–H groups in total. The molecule has 0 radical (unpaired) electrons. The summed E-state index contributed by atoms with van der Waals surface area (Å²) in [4.78, 5) is 4.54. The van der Waals surface area contributed by atoms with Crippen LogP contribution in [0.5, 0.6) is 5.75 Å². The molecule has 96 valence electrons. The molecule has 4 heteroatoms. The molecule has 0 bridgehead atoms. The quantitative estimate of drug-likeness (QED) is 0.720. The van der Waals surface area contributed by atoms with Crippen LogP contribution in [0.4, 0.5) is 0 Å². The molecule has 0 saturated heterocycles. The number of hydrogen-bond donors (Lipinski definition) is 0. The molecule has 0 amide bonds. The van der Waals surface area contributed by atoms with Gasteiger partial charge in [-0.1, -0.05) is 12.1 Å². The highest BCUT2D eigenvalue weighted by atomic mass is 16.5. The number of nitrogens with zero attached hydrogens (tertiary/aromatic N) is 3. The first kappa shape index (κ1) is 11.7. The van der Waals surface area contributed by atoms with Gasteiger partial charge in [0, 0.05) is 11.1 Å². The van der Waals surface area contributed by atoms with Gasteiger partial charge >= 0.3 is 0 Å². The maximum Gasteiger partial charge on any atom is 0.158 e. The Morgan fingerprint density at radius 2 is 1.89 bits per heavy atom. The molecule has 1 aromatic carbocycles. The zero-order valence-corrected chi connectivity index (χ0v) is 11.0. The molecule has 0 saturated carbocycles. The van der Waals surface area contributed by atoms with Gasteiger partial charge in [-0.3, -0.25) is 0 Å². The fourth-order valence-corrected chi connectivity index (χ4v) is 2.07. The molecule has 3 rings (SSSR count). The van der Waals surface area contributed by atoms with E-state index in [4.69, 9.17) is 4.74 Å². The lowest BCUT2D eigenvalue weighted by atomic mass is 10.2. The van der Waals surface area contributed by atoms with Crippen LogP contribution < -0.4 is 4.74 Å². The number of hydrogen-bond acceptors (Lipinski definition) is 3.